The van der Waals surface area contributed by atoms with Gasteiger partial charge in [0.15, 0.2) is 9.84 Å². The average molecular weight is 265 g/mol. The Morgan fingerprint density at radius 1 is 1.28 bits per heavy atom. The van der Waals surface area contributed by atoms with E-state index in [1.54, 1.807) is 6.08 Å². The summed E-state index contributed by atoms with van der Waals surface area (Å²) in [7, 11) is -3.16. The molecule has 0 saturated carbocycles. The van der Waals surface area contributed by atoms with Gasteiger partial charge in [0.25, 0.3) is 0 Å². The summed E-state index contributed by atoms with van der Waals surface area (Å²) in [6.45, 7) is 3.40. The first kappa shape index (κ1) is 12.8. The van der Waals surface area contributed by atoms with Crippen LogP contribution in [0.2, 0.25) is 0 Å². The van der Waals surface area contributed by atoms with E-state index >= 15 is 0 Å². The Bertz CT molecular complexity index is 587. The monoisotopic (exact) mass is 265 g/mol. The third kappa shape index (κ3) is 2.61. The summed E-state index contributed by atoms with van der Waals surface area (Å²) in [5, 5.41) is 1.18. The molecule has 1 aromatic rings. The number of sulfone groups is 1. The van der Waals surface area contributed by atoms with Crippen molar-refractivity contribution < 1.29 is 13.2 Å². The molecule has 1 aromatic carbocycles. The number of carbonyl (C=O) groups excluding carboxylic acids is 1. The van der Waals surface area contributed by atoms with Gasteiger partial charge < -0.3 is 4.90 Å². The van der Waals surface area contributed by atoms with E-state index in [4.69, 9.17) is 0 Å². The lowest BCUT2D eigenvalue weighted by Crippen LogP contribution is -2.39. The Kier molecular flexibility index (Phi) is 3.26. The van der Waals surface area contributed by atoms with Gasteiger partial charge in [-0.25, -0.2) is 8.42 Å². The van der Waals surface area contributed by atoms with Crippen LogP contribution in [0.4, 0.5) is 5.69 Å². The maximum absolute atomic E-state index is 11.7. The van der Waals surface area contributed by atoms with Crippen molar-refractivity contribution in [2.75, 3.05) is 10.7 Å². The predicted octanol–water partition coefficient (Wildman–Crippen LogP) is 1.66. The minimum Gasteiger partial charge on any atom is -0.305 e. The van der Waals surface area contributed by atoms with Crippen LogP contribution in [-0.4, -0.2) is 26.1 Å². The summed E-state index contributed by atoms with van der Waals surface area (Å²) < 4.78 is 22.9. The first-order valence-electron chi connectivity index (χ1n) is 5.66. The van der Waals surface area contributed by atoms with E-state index in [-0.39, 0.29) is 11.7 Å². The summed E-state index contributed by atoms with van der Waals surface area (Å²) in [5.74, 6) is -0.203. The molecule has 5 heteroatoms. The van der Waals surface area contributed by atoms with Crippen molar-refractivity contribution in [1.82, 2.24) is 0 Å². The van der Waals surface area contributed by atoms with E-state index in [2.05, 4.69) is 0 Å². The summed E-state index contributed by atoms with van der Waals surface area (Å²) >= 11 is 0. The molecular weight excluding hydrogens is 250 g/mol. The highest BCUT2D eigenvalue weighted by molar-refractivity contribution is 7.94. The molecule has 96 valence electrons. The minimum absolute atomic E-state index is 0.0412. The van der Waals surface area contributed by atoms with Crippen LogP contribution in [0.15, 0.2) is 35.7 Å². The summed E-state index contributed by atoms with van der Waals surface area (Å²) in [5.41, 5.74) is 1.82. The van der Waals surface area contributed by atoms with Crippen molar-refractivity contribution in [1.29, 1.82) is 0 Å². The van der Waals surface area contributed by atoms with Gasteiger partial charge in [-0.2, -0.15) is 0 Å². The van der Waals surface area contributed by atoms with Crippen molar-refractivity contribution in [3.05, 3.63) is 41.3 Å². The number of amides is 1. The van der Waals surface area contributed by atoms with Gasteiger partial charge in [0.2, 0.25) is 5.91 Å². The van der Waals surface area contributed by atoms with Crippen LogP contribution in [0.3, 0.4) is 0 Å². The van der Waals surface area contributed by atoms with Crippen molar-refractivity contribution in [2.24, 2.45) is 0 Å². The average Bonchev–Trinajstić information content (AvgIpc) is 2.61. The topological polar surface area (TPSA) is 54.5 Å². The number of carbonyl (C=O) groups is 1. The quantitative estimate of drug-likeness (QED) is 0.817. The van der Waals surface area contributed by atoms with Gasteiger partial charge in [-0.3, -0.25) is 4.79 Å². The number of nitrogens with zero attached hydrogens (tertiary/aromatic N) is 1. The standard InChI is InChI=1S/C13H15NO3S/c1-10-3-5-12(6-4-10)14(11(2)15)13-7-8-18(16,17)9-13/h3-8,13H,9H2,1-2H3/t13-/m0/s1. The van der Waals surface area contributed by atoms with Crippen LogP contribution in [0.25, 0.3) is 0 Å². The van der Waals surface area contributed by atoms with Gasteiger partial charge in [0.1, 0.15) is 0 Å². The van der Waals surface area contributed by atoms with Crippen LogP contribution in [0.1, 0.15) is 12.5 Å². The van der Waals surface area contributed by atoms with E-state index in [0.29, 0.717) is 0 Å². The molecule has 1 heterocycles. The molecule has 0 spiro atoms. The molecule has 1 amide bonds. The fourth-order valence-electron chi connectivity index (χ4n) is 2.03. The van der Waals surface area contributed by atoms with Crippen LogP contribution in [0, 0.1) is 6.92 Å². The Balaban J connectivity index is 2.33. The van der Waals surface area contributed by atoms with Crippen LogP contribution in [0.5, 0.6) is 0 Å². The lowest BCUT2D eigenvalue weighted by molar-refractivity contribution is -0.116. The molecule has 0 aromatic heterocycles. The molecule has 1 aliphatic heterocycles. The summed E-state index contributed by atoms with van der Waals surface area (Å²) in [6, 6.07) is 7.05. The van der Waals surface area contributed by atoms with E-state index in [1.165, 1.54) is 17.2 Å². The zero-order valence-electron chi connectivity index (χ0n) is 10.3. The number of rotatable bonds is 2. The molecule has 2 rings (SSSR count). The smallest absolute Gasteiger partial charge is 0.224 e. The van der Waals surface area contributed by atoms with E-state index < -0.39 is 15.9 Å². The predicted molar refractivity (Wildman–Crippen MR) is 71.1 cm³/mol. The van der Waals surface area contributed by atoms with Crippen LogP contribution < -0.4 is 4.90 Å². The summed E-state index contributed by atoms with van der Waals surface area (Å²) in [6.07, 6.45) is 1.57. The second kappa shape index (κ2) is 4.57. The molecule has 4 nitrogen and oxygen atoms in total. The SMILES string of the molecule is CC(=O)N(c1ccc(C)cc1)[C@H]1C=CS(=O)(=O)C1. The van der Waals surface area contributed by atoms with Crippen molar-refractivity contribution in [2.45, 2.75) is 19.9 Å². The first-order chi connectivity index (χ1) is 8.39. The Hall–Kier alpha value is -1.62. The van der Waals surface area contributed by atoms with Gasteiger partial charge in [-0.1, -0.05) is 17.7 Å². The highest BCUT2D eigenvalue weighted by Crippen LogP contribution is 2.23. The number of aryl methyl sites for hydroxylation is 1. The van der Waals surface area contributed by atoms with E-state index in [1.807, 2.05) is 31.2 Å². The number of anilines is 1. The maximum Gasteiger partial charge on any atom is 0.224 e. The minimum atomic E-state index is -3.16. The second-order valence-corrected chi connectivity index (χ2v) is 6.38. The first-order valence-corrected chi connectivity index (χ1v) is 7.38. The molecule has 1 atom stereocenters. The molecule has 18 heavy (non-hydrogen) atoms. The number of hydrogen-bond acceptors (Lipinski definition) is 3. The largest absolute Gasteiger partial charge is 0.305 e. The highest BCUT2D eigenvalue weighted by atomic mass is 32.2. The van der Waals surface area contributed by atoms with Gasteiger partial charge in [-0.15, -0.1) is 0 Å². The third-order valence-electron chi connectivity index (χ3n) is 2.89. The molecular formula is C13H15NO3S. The second-order valence-electron chi connectivity index (χ2n) is 4.45. The van der Waals surface area contributed by atoms with Crippen molar-refractivity contribution in [3.63, 3.8) is 0 Å². The maximum atomic E-state index is 11.7. The number of hydrogen-bond donors (Lipinski definition) is 0. The zero-order chi connectivity index (χ0) is 13.3. The van der Waals surface area contributed by atoms with E-state index in [9.17, 15) is 13.2 Å². The normalized spacial score (nSPS) is 20.9. The van der Waals surface area contributed by atoms with Gasteiger partial charge in [0, 0.05) is 18.0 Å². The zero-order valence-corrected chi connectivity index (χ0v) is 11.1. The Morgan fingerprint density at radius 3 is 2.33 bits per heavy atom. The van der Waals surface area contributed by atoms with Crippen LogP contribution in [-0.2, 0) is 14.6 Å². The highest BCUT2D eigenvalue weighted by Gasteiger charge is 2.29. The summed E-state index contributed by atoms with van der Waals surface area (Å²) in [4.78, 5) is 13.2. The molecule has 0 bridgehead atoms. The molecule has 0 aliphatic carbocycles. The molecule has 0 fully saturated rings. The molecule has 0 saturated heterocycles. The molecule has 1 aliphatic rings. The fourth-order valence-corrected chi connectivity index (χ4v) is 3.30. The van der Waals surface area contributed by atoms with Crippen molar-refractivity contribution >= 4 is 21.4 Å². The molecule has 0 unspecified atom stereocenters. The van der Waals surface area contributed by atoms with Crippen LogP contribution >= 0.6 is 0 Å². The molecule has 0 N–H and O–H groups in total. The lowest BCUT2D eigenvalue weighted by Gasteiger charge is -2.26. The van der Waals surface area contributed by atoms with Gasteiger partial charge >= 0.3 is 0 Å². The lowest BCUT2D eigenvalue weighted by atomic mass is 10.2. The fraction of sp³-hybridized carbons (Fsp3) is 0.308. The Morgan fingerprint density at radius 2 is 1.89 bits per heavy atom. The Labute approximate surface area is 107 Å². The molecule has 0 radical (unpaired) electrons. The van der Waals surface area contributed by atoms with E-state index in [0.717, 1.165) is 11.3 Å². The van der Waals surface area contributed by atoms with Gasteiger partial charge in [-0.05, 0) is 25.1 Å². The van der Waals surface area contributed by atoms with Gasteiger partial charge in [0.05, 0.1) is 11.8 Å². The third-order valence-corrected chi connectivity index (χ3v) is 4.27. The number of benzene rings is 1. The van der Waals surface area contributed by atoms with Crippen molar-refractivity contribution in [3.8, 4) is 0 Å².